The summed E-state index contributed by atoms with van der Waals surface area (Å²) >= 11 is 13.4. The monoisotopic (exact) mass is 289 g/mol. The summed E-state index contributed by atoms with van der Waals surface area (Å²) in [4.78, 5) is 4.10. The van der Waals surface area contributed by atoms with E-state index in [4.69, 9.17) is 27.9 Å². The van der Waals surface area contributed by atoms with Gasteiger partial charge in [0, 0.05) is 22.2 Å². The van der Waals surface area contributed by atoms with Crippen LogP contribution in [0.25, 0.3) is 0 Å². The van der Waals surface area contributed by atoms with E-state index in [0.29, 0.717) is 28.0 Å². The molecule has 1 aromatic heterocycles. The molecule has 17 heavy (non-hydrogen) atoms. The SMILES string of the molecule is OCc1cc(Cl)cc(Cl)c1OCc1nccs1. The molecular weight excluding hydrogens is 281 g/mol. The Balaban J connectivity index is 2.19. The zero-order valence-corrected chi connectivity index (χ0v) is 11.0. The quantitative estimate of drug-likeness (QED) is 0.936. The Kier molecular flexibility index (Phi) is 4.23. The molecule has 3 nitrogen and oxygen atoms in total. The molecule has 0 aliphatic heterocycles. The van der Waals surface area contributed by atoms with Crippen molar-refractivity contribution in [3.05, 3.63) is 44.3 Å². The summed E-state index contributed by atoms with van der Waals surface area (Å²) in [6, 6.07) is 3.21. The van der Waals surface area contributed by atoms with Crippen molar-refractivity contribution in [3.63, 3.8) is 0 Å². The Bertz CT molecular complexity index is 502. The first-order valence-electron chi connectivity index (χ1n) is 4.80. The number of halogens is 2. The van der Waals surface area contributed by atoms with Gasteiger partial charge in [-0.25, -0.2) is 4.98 Å². The van der Waals surface area contributed by atoms with Gasteiger partial charge in [0.15, 0.2) is 0 Å². The van der Waals surface area contributed by atoms with Crippen LogP contribution in [0.1, 0.15) is 10.6 Å². The van der Waals surface area contributed by atoms with Crippen molar-refractivity contribution in [3.8, 4) is 5.75 Å². The minimum atomic E-state index is -0.173. The fourth-order valence-corrected chi connectivity index (χ4v) is 2.47. The molecule has 2 rings (SSSR count). The molecule has 0 spiro atoms. The van der Waals surface area contributed by atoms with Crippen molar-refractivity contribution in [2.75, 3.05) is 0 Å². The van der Waals surface area contributed by atoms with Crippen molar-refractivity contribution in [2.45, 2.75) is 13.2 Å². The Hall–Kier alpha value is -0.810. The third-order valence-corrected chi connectivity index (χ3v) is 3.33. The van der Waals surface area contributed by atoms with E-state index in [0.717, 1.165) is 5.01 Å². The normalized spacial score (nSPS) is 10.5. The second kappa shape index (κ2) is 5.69. The minimum absolute atomic E-state index is 0.173. The number of benzene rings is 1. The van der Waals surface area contributed by atoms with Crippen LogP contribution < -0.4 is 4.74 Å². The predicted molar refractivity (Wildman–Crippen MR) is 68.8 cm³/mol. The molecule has 0 saturated carbocycles. The average Bonchev–Trinajstić information content (AvgIpc) is 2.79. The van der Waals surface area contributed by atoms with Gasteiger partial charge >= 0.3 is 0 Å². The number of thiazole rings is 1. The van der Waals surface area contributed by atoms with Crippen molar-refractivity contribution >= 4 is 34.5 Å². The predicted octanol–water partition coefficient (Wildman–Crippen LogP) is 3.52. The van der Waals surface area contributed by atoms with Crippen molar-refractivity contribution < 1.29 is 9.84 Å². The number of hydrogen-bond donors (Lipinski definition) is 1. The highest BCUT2D eigenvalue weighted by Gasteiger charge is 2.10. The molecule has 0 fully saturated rings. The number of ether oxygens (including phenoxy) is 1. The smallest absolute Gasteiger partial charge is 0.144 e. The summed E-state index contributed by atoms with van der Waals surface area (Å²) in [5.74, 6) is 0.453. The molecule has 0 aliphatic carbocycles. The van der Waals surface area contributed by atoms with Gasteiger partial charge in [0.1, 0.15) is 17.4 Å². The van der Waals surface area contributed by atoms with Crippen LogP contribution in [-0.4, -0.2) is 10.1 Å². The molecule has 1 aromatic carbocycles. The second-order valence-corrected chi connectivity index (χ2v) is 5.07. The lowest BCUT2D eigenvalue weighted by Crippen LogP contribution is -1.99. The van der Waals surface area contributed by atoms with Crippen LogP contribution in [0.4, 0.5) is 0 Å². The molecular formula is C11H9Cl2NO2S. The largest absolute Gasteiger partial charge is 0.484 e. The number of aromatic nitrogens is 1. The van der Waals surface area contributed by atoms with Crippen LogP contribution in [0.3, 0.4) is 0 Å². The van der Waals surface area contributed by atoms with Gasteiger partial charge in [-0.05, 0) is 12.1 Å². The maximum Gasteiger partial charge on any atom is 0.144 e. The van der Waals surface area contributed by atoms with Crippen LogP contribution in [-0.2, 0) is 13.2 Å². The minimum Gasteiger partial charge on any atom is -0.484 e. The number of nitrogens with zero attached hydrogens (tertiary/aromatic N) is 1. The first-order valence-corrected chi connectivity index (χ1v) is 6.44. The van der Waals surface area contributed by atoms with Gasteiger partial charge < -0.3 is 9.84 Å². The average molecular weight is 290 g/mol. The lowest BCUT2D eigenvalue weighted by molar-refractivity contribution is 0.259. The lowest BCUT2D eigenvalue weighted by atomic mass is 10.2. The van der Waals surface area contributed by atoms with E-state index in [1.807, 2.05) is 5.38 Å². The van der Waals surface area contributed by atoms with Gasteiger partial charge in [0.25, 0.3) is 0 Å². The summed E-state index contributed by atoms with van der Waals surface area (Å²) < 4.78 is 5.56. The third-order valence-electron chi connectivity index (χ3n) is 2.08. The van der Waals surface area contributed by atoms with Gasteiger partial charge in [-0.15, -0.1) is 11.3 Å². The number of rotatable bonds is 4. The van der Waals surface area contributed by atoms with Crippen molar-refractivity contribution in [2.24, 2.45) is 0 Å². The molecule has 0 aliphatic rings. The summed E-state index contributed by atoms with van der Waals surface area (Å²) in [5, 5.41) is 12.8. The Morgan fingerprint density at radius 3 is 2.82 bits per heavy atom. The van der Waals surface area contributed by atoms with Crippen LogP contribution in [0.2, 0.25) is 10.0 Å². The molecule has 0 bridgehead atoms. The van der Waals surface area contributed by atoms with E-state index >= 15 is 0 Å². The van der Waals surface area contributed by atoms with Crippen molar-refractivity contribution in [1.29, 1.82) is 0 Å². The zero-order valence-electron chi connectivity index (χ0n) is 8.69. The van der Waals surface area contributed by atoms with E-state index in [9.17, 15) is 5.11 Å². The fraction of sp³-hybridized carbons (Fsp3) is 0.182. The fourth-order valence-electron chi connectivity index (χ4n) is 1.35. The highest BCUT2D eigenvalue weighted by molar-refractivity contribution is 7.09. The second-order valence-electron chi connectivity index (χ2n) is 3.25. The highest BCUT2D eigenvalue weighted by Crippen LogP contribution is 2.33. The van der Waals surface area contributed by atoms with Gasteiger partial charge in [-0.2, -0.15) is 0 Å². The molecule has 1 N–H and O–H groups in total. The van der Waals surface area contributed by atoms with E-state index in [1.54, 1.807) is 18.3 Å². The molecule has 0 radical (unpaired) electrons. The van der Waals surface area contributed by atoms with Gasteiger partial charge in [0.2, 0.25) is 0 Å². The molecule has 0 atom stereocenters. The van der Waals surface area contributed by atoms with Crippen LogP contribution in [0.5, 0.6) is 5.75 Å². The summed E-state index contributed by atoms with van der Waals surface area (Å²) in [7, 11) is 0. The van der Waals surface area contributed by atoms with E-state index in [1.165, 1.54) is 11.3 Å². The first-order chi connectivity index (χ1) is 8.20. The Labute approximate surface area is 113 Å². The standard InChI is InChI=1S/C11H9Cl2NO2S/c12-8-3-7(5-15)11(9(13)4-8)16-6-10-14-1-2-17-10/h1-4,15H,5-6H2. The van der Waals surface area contributed by atoms with E-state index < -0.39 is 0 Å². The zero-order chi connectivity index (χ0) is 12.3. The third kappa shape index (κ3) is 3.10. The highest BCUT2D eigenvalue weighted by atomic mass is 35.5. The van der Waals surface area contributed by atoms with Gasteiger partial charge in [-0.3, -0.25) is 0 Å². The van der Waals surface area contributed by atoms with E-state index in [-0.39, 0.29) is 6.61 Å². The number of aliphatic hydroxyl groups is 1. The molecule has 6 heteroatoms. The van der Waals surface area contributed by atoms with Crippen LogP contribution in [0.15, 0.2) is 23.7 Å². The van der Waals surface area contributed by atoms with Gasteiger partial charge in [0.05, 0.1) is 11.6 Å². The van der Waals surface area contributed by atoms with Crippen LogP contribution >= 0.6 is 34.5 Å². The first kappa shape index (κ1) is 12.6. The van der Waals surface area contributed by atoms with Crippen LogP contribution in [0, 0.1) is 0 Å². The lowest BCUT2D eigenvalue weighted by Gasteiger charge is -2.11. The molecule has 0 unspecified atom stereocenters. The topological polar surface area (TPSA) is 42.4 Å². The molecule has 0 amide bonds. The molecule has 0 saturated heterocycles. The van der Waals surface area contributed by atoms with E-state index in [2.05, 4.69) is 4.98 Å². The summed E-state index contributed by atoms with van der Waals surface area (Å²) in [6.07, 6.45) is 1.71. The van der Waals surface area contributed by atoms with Gasteiger partial charge in [-0.1, -0.05) is 23.2 Å². The number of hydrogen-bond acceptors (Lipinski definition) is 4. The molecule has 90 valence electrons. The maximum atomic E-state index is 9.21. The van der Waals surface area contributed by atoms with Crippen molar-refractivity contribution in [1.82, 2.24) is 4.98 Å². The Morgan fingerprint density at radius 2 is 2.18 bits per heavy atom. The Morgan fingerprint density at radius 1 is 1.35 bits per heavy atom. The summed E-state index contributed by atoms with van der Waals surface area (Å²) in [6.45, 7) is 0.152. The number of aliphatic hydroxyl groups excluding tert-OH is 1. The molecule has 2 aromatic rings. The molecule has 1 heterocycles. The maximum absolute atomic E-state index is 9.21. The summed E-state index contributed by atoms with van der Waals surface area (Å²) in [5.41, 5.74) is 0.569.